The van der Waals surface area contributed by atoms with E-state index in [-0.39, 0.29) is 34.1 Å². The van der Waals surface area contributed by atoms with Crippen molar-refractivity contribution in [1.82, 2.24) is 0 Å². The van der Waals surface area contributed by atoms with Crippen molar-refractivity contribution in [2.45, 2.75) is 61.4 Å². The van der Waals surface area contributed by atoms with Crippen molar-refractivity contribution in [2.24, 2.45) is 0 Å². The number of phenols is 5. The maximum atomic E-state index is 12.6. The highest BCUT2D eigenvalue weighted by molar-refractivity contribution is 5.87. The van der Waals surface area contributed by atoms with Gasteiger partial charge in [-0.3, -0.25) is 0 Å². The predicted molar refractivity (Wildman–Crippen MR) is 174 cm³/mol. The molecule has 0 radical (unpaired) electrons. The van der Waals surface area contributed by atoms with E-state index in [1.165, 1.54) is 48.6 Å². The van der Waals surface area contributed by atoms with Crippen LogP contribution in [0, 0.1) is 0 Å². The standard InChI is InChI=1S/C35H36O17/c36-17-5-1-15(2-6-17)3-8-27(42)47-14-26-29(44)30(45)33(52-34-31(46)28(43)23(41)13-48-34)35(51-26)50-25-12-19-21(39)10-18(37)11-24(19)49-32(25)16-4-7-20(38)22(40)9-16/h1-12,23,26,28-41,43-46H,13-14H2/p+1/b8-3+/t23-,26-,28+,29+,30+,31-,32?,33-,34+,35-/m1/s1. The van der Waals surface area contributed by atoms with Crippen molar-refractivity contribution in [3.63, 3.8) is 0 Å². The molecule has 0 aromatic heterocycles. The summed E-state index contributed by atoms with van der Waals surface area (Å²) in [7, 11) is 0. The Kier molecular flexibility index (Phi) is 10.7. The number of aromatic hydroxyl groups is 6. The third-order valence-electron chi connectivity index (χ3n) is 8.60. The molecule has 11 N–H and O–H groups in total. The third-order valence-corrected chi connectivity index (χ3v) is 8.60. The van der Waals surface area contributed by atoms with Crippen molar-refractivity contribution in [1.29, 1.82) is 0 Å². The summed E-state index contributed by atoms with van der Waals surface area (Å²) in [4.78, 5) is 12.6. The van der Waals surface area contributed by atoms with E-state index in [1.54, 1.807) is 12.1 Å². The molecule has 0 aliphatic carbocycles. The van der Waals surface area contributed by atoms with Crippen LogP contribution in [-0.2, 0) is 28.5 Å². The molecule has 6 rings (SSSR count). The Hall–Kier alpha value is -5.11. The first-order valence-corrected chi connectivity index (χ1v) is 15.9. The van der Waals surface area contributed by atoms with E-state index in [0.29, 0.717) is 5.56 Å². The Bertz CT molecular complexity index is 1810. The molecular formula is C35H37O17+. The van der Waals surface area contributed by atoms with Crippen LogP contribution in [-0.4, -0.2) is 130 Å². The van der Waals surface area contributed by atoms with E-state index in [1.807, 2.05) is 0 Å². The van der Waals surface area contributed by atoms with Gasteiger partial charge in [0.2, 0.25) is 6.29 Å². The first-order chi connectivity index (χ1) is 24.8. The number of carbonyl (C=O) groups excluding carboxylic acids is 1. The molecule has 0 saturated carbocycles. The maximum absolute atomic E-state index is 12.6. The molecule has 10 atom stereocenters. The number of carbonyl (C=O) groups is 1. The van der Waals surface area contributed by atoms with E-state index in [0.717, 1.165) is 12.1 Å². The number of hydrogen-bond acceptors (Lipinski definition) is 16. The third kappa shape index (κ3) is 7.86. The Morgan fingerprint density at radius 1 is 0.808 bits per heavy atom. The molecule has 3 aliphatic heterocycles. The maximum Gasteiger partial charge on any atom is 0.330 e. The predicted octanol–water partition coefficient (Wildman–Crippen LogP) is 0.0958. The zero-order valence-electron chi connectivity index (χ0n) is 27.0. The Morgan fingerprint density at radius 2 is 1.56 bits per heavy atom. The van der Waals surface area contributed by atoms with Crippen LogP contribution in [0.2, 0.25) is 0 Å². The molecule has 0 spiro atoms. The molecule has 0 bridgehead atoms. The molecule has 3 heterocycles. The summed E-state index contributed by atoms with van der Waals surface area (Å²) in [6.07, 6.45) is -12.5. The van der Waals surface area contributed by atoms with E-state index < -0.39 is 97.8 Å². The second-order valence-electron chi connectivity index (χ2n) is 12.3. The highest BCUT2D eigenvalue weighted by Crippen LogP contribution is 2.46. The molecule has 3 aromatic carbocycles. The Labute approximate surface area is 294 Å². The van der Waals surface area contributed by atoms with Crippen LogP contribution in [0.5, 0.6) is 34.5 Å². The van der Waals surface area contributed by atoms with Gasteiger partial charge in [0, 0.05) is 18.2 Å². The molecule has 52 heavy (non-hydrogen) atoms. The van der Waals surface area contributed by atoms with Gasteiger partial charge < -0.3 is 79.5 Å². The zero-order valence-corrected chi connectivity index (χ0v) is 27.0. The van der Waals surface area contributed by atoms with E-state index >= 15 is 0 Å². The van der Waals surface area contributed by atoms with Gasteiger partial charge in [-0.15, -0.1) is 0 Å². The second-order valence-corrected chi connectivity index (χ2v) is 12.3. The Balaban J connectivity index is 1.30. The van der Waals surface area contributed by atoms with Crippen LogP contribution in [0.4, 0.5) is 0 Å². The topological polar surface area (TPSA) is 278 Å². The molecular weight excluding hydrogens is 692 g/mol. The minimum Gasteiger partial charge on any atom is -0.571 e. The van der Waals surface area contributed by atoms with Crippen LogP contribution in [0.15, 0.2) is 66.4 Å². The van der Waals surface area contributed by atoms with Gasteiger partial charge in [0.1, 0.15) is 66.0 Å². The van der Waals surface area contributed by atoms with E-state index in [2.05, 4.69) is 4.74 Å². The average molecular weight is 730 g/mol. The van der Waals surface area contributed by atoms with Crippen LogP contribution in [0.3, 0.4) is 0 Å². The largest absolute Gasteiger partial charge is 0.571 e. The van der Waals surface area contributed by atoms with Crippen LogP contribution in [0.1, 0.15) is 22.8 Å². The summed E-state index contributed by atoms with van der Waals surface area (Å²) in [5, 5.41) is 103. The fraction of sp³-hybridized carbons (Fsp3) is 0.343. The average Bonchev–Trinajstić information content (AvgIpc) is 3.11. The summed E-state index contributed by atoms with van der Waals surface area (Å²) in [6.45, 7) is -1.07. The minimum atomic E-state index is -1.88. The van der Waals surface area contributed by atoms with E-state index in [9.17, 15) is 55.9 Å². The summed E-state index contributed by atoms with van der Waals surface area (Å²) in [5.74, 6) is -2.44. The molecule has 278 valence electrons. The van der Waals surface area contributed by atoms with Gasteiger partial charge in [-0.25, -0.2) is 4.79 Å². The van der Waals surface area contributed by atoms with Crippen LogP contribution >= 0.6 is 0 Å². The molecule has 2 fully saturated rings. The minimum absolute atomic E-state index is 0.0320. The number of fused-ring (bicyclic) bond motifs is 1. The SMILES string of the molecule is O=C(/C=C/c1ccc(O)cc1)OC[C@H]1O[C@@H](OC2=Cc3c(O)cc(O)cc3[OH+]C2c2ccc(O)c(O)c2)[C@H](O[C@@H]2OC[C@@H](O)[C@H](O)[C@H]2O)[C@@H](O)[C@H]1O. The zero-order chi connectivity index (χ0) is 37.3. The van der Waals surface area contributed by atoms with Gasteiger partial charge in [0.25, 0.3) is 11.9 Å². The van der Waals surface area contributed by atoms with Gasteiger partial charge in [-0.2, -0.15) is 0 Å². The normalized spacial score (nSPS) is 30.2. The molecule has 3 aliphatic rings. The number of aliphatic hydroxyl groups excluding tert-OH is 5. The fourth-order valence-electron chi connectivity index (χ4n) is 5.77. The van der Waals surface area contributed by atoms with Crippen molar-refractivity contribution in [3.05, 3.63) is 83.1 Å². The van der Waals surface area contributed by atoms with Crippen molar-refractivity contribution >= 4 is 18.1 Å². The molecule has 17 heteroatoms. The van der Waals surface area contributed by atoms with Crippen LogP contribution < -0.4 is 0 Å². The lowest BCUT2D eigenvalue weighted by Crippen LogP contribution is -2.63. The number of rotatable bonds is 9. The van der Waals surface area contributed by atoms with Crippen molar-refractivity contribution < 1.29 is 84.3 Å². The smallest absolute Gasteiger partial charge is 0.330 e. The van der Waals surface area contributed by atoms with Gasteiger partial charge >= 0.3 is 5.97 Å². The van der Waals surface area contributed by atoms with Crippen LogP contribution in [0.25, 0.3) is 12.2 Å². The van der Waals surface area contributed by atoms with Gasteiger partial charge in [-0.1, -0.05) is 12.1 Å². The lowest BCUT2D eigenvalue weighted by Gasteiger charge is -2.45. The highest BCUT2D eigenvalue weighted by atomic mass is 16.8. The molecule has 2 saturated heterocycles. The number of benzene rings is 3. The first kappa shape index (κ1) is 36.7. The lowest BCUT2D eigenvalue weighted by molar-refractivity contribution is -0.353. The monoisotopic (exact) mass is 729 g/mol. The lowest BCUT2D eigenvalue weighted by atomic mass is 9.97. The van der Waals surface area contributed by atoms with Crippen molar-refractivity contribution in [3.8, 4) is 34.5 Å². The number of ether oxygens (including phenoxy) is 6. The Morgan fingerprint density at radius 3 is 2.29 bits per heavy atom. The van der Waals surface area contributed by atoms with Gasteiger partial charge in [0.05, 0.1) is 18.2 Å². The van der Waals surface area contributed by atoms with E-state index in [4.69, 9.17) is 23.7 Å². The van der Waals surface area contributed by atoms with Gasteiger partial charge in [-0.05, 0) is 42.0 Å². The van der Waals surface area contributed by atoms with Gasteiger partial charge in [0.15, 0.2) is 29.7 Å². The summed E-state index contributed by atoms with van der Waals surface area (Å²) in [6, 6.07) is 12.1. The number of phenolic OH excluding ortho intramolecular Hbond substituents is 5. The number of aliphatic hydroxyl groups is 6. The highest BCUT2D eigenvalue weighted by Gasteiger charge is 2.51. The van der Waals surface area contributed by atoms with Crippen molar-refractivity contribution in [2.75, 3.05) is 13.2 Å². The summed E-state index contributed by atoms with van der Waals surface area (Å²) in [5.41, 5.74) is 0.913. The number of hydrogen-bond donors (Lipinski definition) is 10. The second kappa shape index (κ2) is 15.2. The quantitative estimate of drug-likeness (QED) is 0.0605. The summed E-state index contributed by atoms with van der Waals surface area (Å²) >= 11 is 0. The number of esters is 1. The molecule has 0 amide bonds. The molecule has 1 unspecified atom stereocenters. The fourth-order valence-corrected chi connectivity index (χ4v) is 5.77. The molecule has 3 aromatic rings. The molecule has 17 nitrogen and oxygen atoms in total. The first-order valence-electron chi connectivity index (χ1n) is 15.9. The summed E-state index contributed by atoms with van der Waals surface area (Å²) < 4.78 is 33.2.